The lowest BCUT2D eigenvalue weighted by atomic mass is 10.1. The van der Waals surface area contributed by atoms with Crippen molar-refractivity contribution in [1.29, 1.82) is 10.5 Å². The number of fused-ring (bicyclic) bond motifs is 1. The van der Waals surface area contributed by atoms with Gasteiger partial charge < -0.3 is 9.30 Å². The minimum Gasteiger partial charge on any atom is -0.361 e. The summed E-state index contributed by atoms with van der Waals surface area (Å²) in [7, 11) is -1.10. The largest absolute Gasteiger partial charge is 0.361 e. The first kappa shape index (κ1) is 16.2. The molecule has 0 saturated heterocycles. The molecule has 0 bridgehead atoms. The van der Waals surface area contributed by atoms with E-state index in [0.29, 0.717) is 18.1 Å². The summed E-state index contributed by atoms with van der Waals surface area (Å²) in [5.74, 6) is -0.880. The zero-order chi connectivity index (χ0) is 16.2. The van der Waals surface area contributed by atoms with Gasteiger partial charge in [-0.1, -0.05) is 19.6 Å². The molecule has 2 heterocycles. The van der Waals surface area contributed by atoms with Gasteiger partial charge in [-0.25, -0.2) is 9.97 Å². The normalized spacial score (nSPS) is 11.5. The van der Waals surface area contributed by atoms with Crippen LogP contribution in [-0.2, 0) is 11.5 Å². The topological polar surface area (TPSA) is 87.5 Å². The van der Waals surface area contributed by atoms with Gasteiger partial charge >= 0.3 is 0 Å². The van der Waals surface area contributed by atoms with Crippen molar-refractivity contribution in [2.75, 3.05) is 6.61 Å². The molecule has 0 N–H and O–H groups in total. The number of nitriles is 2. The van der Waals surface area contributed by atoms with Gasteiger partial charge in [-0.15, -0.1) is 0 Å². The van der Waals surface area contributed by atoms with E-state index in [1.54, 1.807) is 0 Å². The standard InChI is InChI=1S/C15H19N5OSi/c1-22(2,3)7-6-21-11-20-5-4-13-14(12(8-16)9-17)18-10-19-15(13)20/h4-5,10,12H,6-7,11H2,1-3H3. The molecule has 0 fully saturated rings. The number of hydrogen-bond acceptors (Lipinski definition) is 5. The summed E-state index contributed by atoms with van der Waals surface area (Å²) in [6.45, 7) is 8.07. The van der Waals surface area contributed by atoms with Crippen molar-refractivity contribution in [3.63, 3.8) is 0 Å². The fraction of sp³-hybridized carbons (Fsp3) is 0.467. The first-order valence-electron chi connectivity index (χ1n) is 7.13. The molecule has 0 aliphatic rings. The van der Waals surface area contributed by atoms with Crippen molar-refractivity contribution in [3.8, 4) is 12.1 Å². The first-order chi connectivity index (χ1) is 10.5. The van der Waals surface area contributed by atoms with Crippen LogP contribution in [0.2, 0.25) is 25.7 Å². The van der Waals surface area contributed by atoms with Crippen LogP contribution in [0.1, 0.15) is 11.6 Å². The van der Waals surface area contributed by atoms with E-state index in [9.17, 15) is 0 Å². The smallest absolute Gasteiger partial charge is 0.175 e. The summed E-state index contributed by atoms with van der Waals surface area (Å²) in [4.78, 5) is 8.33. The third-order valence-corrected chi connectivity index (χ3v) is 5.05. The molecular formula is C15H19N5OSi. The second-order valence-corrected chi connectivity index (χ2v) is 11.9. The van der Waals surface area contributed by atoms with E-state index in [0.717, 1.165) is 18.0 Å². The molecule has 0 aliphatic carbocycles. The molecule has 0 atom stereocenters. The predicted molar refractivity (Wildman–Crippen MR) is 85.6 cm³/mol. The summed E-state index contributed by atoms with van der Waals surface area (Å²) >= 11 is 0. The van der Waals surface area contributed by atoms with Gasteiger partial charge in [0.15, 0.2) is 5.92 Å². The lowest BCUT2D eigenvalue weighted by Crippen LogP contribution is -2.22. The summed E-state index contributed by atoms with van der Waals surface area (Å²) < 4.78 is 7.59. The lowest BCUT2D eigenvalue weighted by molar-refractivity contribution is 0.0899. The highest BCUT2D eigenvalue weighted by Crippen LogP contribution is 2.22. The van der Waals surface area contributed by atoms with Crippen LogP contribution in [-0.4, -0.2) is 29.2 Å². The van der Waals surface area contributed by atoms with Gasteiger partial charge in [-0.05, 0) is 12.1 Å². The van der Waals surface area contributed by atoms with E-state index >= 15 is 0 Å². The monoisotopic (exact) mass is 313 g/mol. The van der Waals surface area contributed by atoms with E-state index in [2.05, 4.69) is 29.6 Å². The van der Waals surface area contributed by atoms with Gasteiger partial charge in [0.25, 0.3) is 0 Å². The number of ether oxygens (including phenoxy) is 1. The molecule has 0 amide bonds. The Bertz CT molecular complexity index is 721. The number of aromatic nitrogens is 3. The molecule has 2 aromatic rings. The maximum absolute atomic E-state index is 9.03. The van der Waals surface area contributed by atoms with Crippen molar-refractivity contribution < 1.29 is 4.74 Å². The first-order valence-corrected chi connectivity index (χ1v) is 10.8. The number of hydrogen-bond donors (Lipinski definition) is 0. The van der Waals surface area contributed by atoms with Gasteiger partial charge in [0.2, 0.25) is 0 Å². The summed E-state index contributed by atoms with van der Waals surface area (Å²) in [5, 5.41) is 18.8. The average Bonchev–Trinajstić information content (AvgIpc) is 2.88. The Labute approximate surface area is 131 Å². The van der Waals surface area contributed by atoms with E-state index < -0.39 is 14.0 Å². The van der Waals surface area contributed by atoms with Gasteiger partial charge in [0.1, 0.15) is 18.7 Å². The number of rotatable bonds is 6. The third kappa shape index (κ3) is 3.70. The van der Waals surface area contributed by atoms with E-state index in [-0.39, 0.29) is 0 Å². The van der Waals surface area contributed by atoms with Gasteiger partial charge in [-0.3, -0.25) is 0 Å². The predicted octanol–water partition coefficient (Wildman–Crippen LogP) is 2.87. The Morgan fingerprint density at radius 3 is 2.64 bits per heavy atom. The molecule has 0 unspecified atom stereocenters. The summed E-state index contributed by atoms with van der Waals surface area (Å²) in [6, 6.07) is 6.84. The second-order valence-electron chi connectivity index (χ2n) is 6.32. The molecule has 0 aromatic carbocycles. The summed E-state index contributed by atoms with van der Waals surface area (Å²) in [6.07, 6.45) is 3.24. The Balaban J connectivity index is 2.15. The Hall–Kier alpha value is -2.22. The van der Waals surface area contributed by atoms with Crippen molar-refractivity contribution in [2.24, 2.45) is 0 Å². The van der Waals surface area contributed by atoms with Crippen molar-refractivity contribution in [2.45, 2.75) is 38.3 Å². The molecule has 0 aliphatic heterocycles. The van der Waals surface area contributed by atoms with Crippen molar-refractivity contribution in [3.05, 3.63) is 24.3 Å². The van der Waals surface area contributed by atoms with Crippen LogP contribution < -0.4 is 0 Å². The average molecular weight is 313 g/mol. The molecule has 0 spiro atoms. The van der Waals surface area contributed by atoms with Crippen molar-refractivity contribution >= 4 is 19.1 Å². The van der Waals surface area contributed by atoms with Crippen molar-refractivity contribution in [1.82, 2.24) is 14.5 Å². The Morgan fingerprint density at radius 1 is 1.27 bits per heavy atom. The van der Waals surface area contributed by atoms with Crippen LogP contribution in [0.15, 0.2) is 18.6 Å². The highest BCUT2D eigenvalue weighted by molar-refractivity contribution is 6.76. The fourth-order valence-electron chi connectivity index (χ4n) is 2.05. The minimum atomic E-state index is -1.10. The van der Waals surface area contributed by atoms with E-state index in [4.69, 9.17) is 15.3 Å². The van der Waals surface area contributed by atoms with E-state index in [1.165, 1.54) is 6.33 Å². The van der Waals surface area contributed by atoms with Gasteiger partial charge in [0, 0.05) is 26.3 Å². The van der Waals surface area contributed by atoms with Crippen LogP contribution in [0.25, 0.3) is 11.0 Å². The Kier molecular flexibility index (Phi) is 4.91. The van der Waals surface area contributed by atoms with Crippen LogP contribution in [0.5, 0.6) is 0 Å². The molecule has 6 nitrogen and oxygen atoms in total. The maximum atomic E-state index is 9.03. The highest BCUT2D eigenvalue weighted by Gasteiger charge is 2.17. The van der Waals surface area contributed by atoms with Crippen LogP contribution in [0, 0.1) is 22.7 Å². The zero-order valence-corrected chi connectivity index (χ0v) is 14.1. The lowest BCUT2D eigenvalue weighted by Gasteiger charge is -2.15. The SMILES string of the molecule is C[Si](C)(C)CCOCn1ccc2c(C(C#N)C#N)ncnc21. The fourth-order valence-corrected chi connectivity index (χ4v) is 2.81. The Morgan fingerprint density at radius 2 is 2.00 bits per heavy atom. The minimum absolute atomic E-state index is 0.411. The molecule has 2 rings (SSSR count). The molecule has 22 heavy (non-hydrogen) atoms. The molecule has 7 heteroatoms. The number of nitrogens with zero attached hydrogens (tertiary/aromatic N) is 5. The second kappa shape index (κ2) is 6.69. The molecule has 114 valence electrons. The molecular weight excluding hydrogens is 294 g/mol. The zero-order valence-electron chi connectivity index (χ0n) is 13.1. The van der Waals surface area contributed by atoms with Crippen LogP contribution >= 0.6 is 0 Å². The maximum Gasteiger partial charge on any atom is 0.175 e. The third-order valence-electron chi connectivity index (χ3n) is 3.35. The van der Waals surface area contributed by atoms with Gasteiger partial charge in [0.05, 0.1) is 17.8 Å². The summed E-state index contributed by atoms with van der Waals surface area (Å²) in [5.41, 5.74) is 1.14. The van der Waals surface area contributed by atoms with Crippen LogP contribution in [0.3, 0.4) is 0 Å². The van der Waals surface area contributed by atoms with Crippen LogP contribution in [0.4, 0.5) is 0 Å². The highest BCUT2D eigenvalue weighted by atomic mass is 28.3. The molecule has 0 saturated carbocycles. The molecule has 0 radical (unpaired) electrons. The quantitative estimate of drug-likeness (QED) is 0.604. The van der Waals surface area contributed by atoms with Gasteiger partial charge in [-0.2, -0.15) is 10.5 Å². The molecule has 2 aromatic heterocycles. The van der Waals surface area contributed by atoms with E-state index in [1.807, 2.05) is 29.0 Å².